The Morgan fingerprint density at radius 3 is 3.28 bits per heavy atom. The van der Waals surface area contributed by atoms with Gasteiger partial charge in [0.2, 0.25) is 5.91 Å². The van der Waals surface area contributed by atoms with Crippen molar-refractivity contribution < 1.29 is 14.3 Å². The molecule has 3 saturated heterocycles. The molecule has 1 spiro atoms. The summed E-state index contributed by atoms with van der Waals surface area (Å²) in [4.78, 5) is 14.5. The number of carbonyl (C=O) groups is 1. The van der Waals surface area contributed by atoms with Gasteiger partial charge in [-0.3, -0.25) is 9.69 Å². The maximum absolute atomic E-state index is 12.0. The number of nitrogens with one attached hydrogen (secondary N) is 1. The molecular formula is C19H28N2O3S. The van der Waals surface area contributed by atoms with E-state index in [9.17, 15) is 4.79 Å². The molecular weight excluding hydrogens is 336 g/mol. The van der Waals surface area contributed by atoms with Crippen LogP contribution in [-0.4, -0.2) is 55.4 Å². The standard InChI is InChI=1S/C19H28N2O3S/c1-2-6-23-11-18(22)20-8-15-16-10-21(9-14-4-7-25-12-14)13-19(16)5-3-17(15)24-19/h4,7,12,15-17H,2-3,5-6,8-11,13H2,1H3,(H,20,22)/t15-,16+,17+,19+/m0/s1. The van der Waals surface area contributed by atoms with E-state index in [-0.39, 0.29) is 18.1 Å². The fourth-order valence-electron chi connectivity index (χ4n) is 4.91. The van der Waals surface area contributed by atoms with Crippen LogP contribution in [0.25, 0.3) is 0 Å². The van der Waals surface area contributed by atoms with Gasteiger partial charge in [0.15, 0.2) is 0 Å². The first-order valence-electron chi connectivity index (χ1n) is 9.46. The average Bonchev–Trinajstić information content (AvgIpc) is 3.34. The molecule has 0 aromatic carbocycles. The maximum Gasteiger partial charge on any atom is 0.246 e. The molecule has 6 heteroatoms. The molecule has 3 fully saturated rings. The minimum Gasteiger partial charge on any atom is -0.372 e. The topological polar surface area (TPSA) is 50.8 Å². The molecule has 4 heterocycles. The van der Waals surface area contributed by atoms with Gasteiger partial charge in [0.05, 0.1) is 11.7 Å². The maximum atomic E-state index is 12.0. The summed E-state index contributed by atoms with van der Waals surface area (Å²) in [6.07, 6.45) is 3.57. The Kier molecular flexibility index (Phi) is 5.13. The number of likely N-dealkylation sites (tertiary alicyclic amines) is 1. The van der Waals surface area contributed by atoms with Crippen molar-refractivity contribution in [3.05, 3.63) is 22.4 Å². The summed E-state index contributed by atoms with van der Waals surface area (Å²) in [6, 6.07) is 2.21. The lowest BCUT2D eigenvalue weighted by atomic mass is 9.73. The molecule has 4 rings (SSSR count). The molecule has 5 nitrogen and oxygen atoms in total. The zero-order valence-corrected chi connectivity index (χ0v) is 15.7. The first kappa shape index (κ1) is 17.5. The number of amides is 1. The van der Waals surface area contributed by atoms with Gasteiger partial charge in [0.25, 0.3) is 0 Å². The van der Waals surface area contributed by atoms with Crippen LogP contribution in [-0.2, 0) is 20.8 Å². The number of hydrogen-bond donors (Lipinski definition) is 1. The minimum atomic E-state index is -0.00148. The van der Waals surface area contributed by atoms with Crippen molar-refractivity contribution in [2.75, 3.05) is 32.8 Å². The summed E-state index contributed by atoms with van der Waals surface area (Å²) in [6.45, 7) is 6.72. The fourth-order valence-corrected chi connectivity index (χ4v) is 5.57. The fraction of sp³-hybridized carbons (Fsp3) is 0.737. The van der Waals surface area contributed by atoms with E-state index < -0.39 is 0 Å². The van der Waals surface area contributed by atoms with E-state index in [0.717, 1.165) is 39.0 Å². The van der Waals surface area contributed by atoms with Gasteiger partial charge in [-0.1, -0.05) is 6.92 Å². The van der Waals surface area contributed by atoms with Crippen molar-refractivity contribution >= 4 is 17.2 Å². The van der Waals surface area contributed by atoms with Gasteiger partial charge in [0, 0.05) is 44.6 Å². The summed E-state index contributed by atoms with van der Waals surface area (Å²) in [5, 5.41) is 7.46. The van der Waals surface area contributed by atoms with Crippen molar-refractivity contribution in [2.24, 2.45) is 11.8 Å². The Morgan fingerprint density at radius 2 is 2.48 bits per heavy atom. The number of nitrogens with zero attached hydrogens (tertiary/aromatic N) is 1. The molecule has 1 aromatic heterocycles. The zero-order chi connectivity index (χ0) is 17.3. The van der Waals surface area contributed by atoms with E-state index in [1.807, 2.05) is 6.92 Å². The molecule has 0 saturated carbocycles. The van der Waals surface area contributed by atoms with Crippen molar-refractivity contribution in [1.82, 2.24) is 10.2 Å². The van der Waals surface area contributed by atoms with Crippen molar-refractivity contribution in [3.8, 4) is 0 Å². The van der Waals surface area contributed by atoms with Crippen LogP contribution in [0.5, 0.6) is 0 Å². The van der Waals surface area contributed by atoms with Crippen molar-refractivity contribution in [3.63, 3.8) is 0 Å². The van der Waals surface area contributed by atoms with Crippen LogP contribution in [0.2, 0.25) is 0 Å². The molecule has 3 aliphatic heterocycles. The summed E-state index contributed by atoms with van der Waals surface area (Å²) in [5.41, 5.74) is 1.43. The molecule has 0 radical (unpaired) electrons. The summed E-state index contributed by atoms with van der Waals surface area (Å²) >= 11 is 1.76. The van der Waals surface area contributed by atoms with Crippen molar-refractivity contribution in [1.29, 1.82) is 0 Å². The van der Waals surface area contributed by atoms with E-state index in [0.29, 0.717) is 24.5 Å². The number of thiophene rings is 1. The molecule has 3 aliphatic rings. The molecule has 25 heavy (non-hydrogen) atoms. The van der Waals surface area contributed by atoms with Crippen LogP contribution < -0.4 is 5.32 Å². The Morgan fingerprint density at radius 1 is 1.56 bits per heavy atom. The Bertz CT molecular complexity index is 593. The second-order valence-corrected chi connectivity index (χ2v) is 8.47. The van der Waals surface area contributed by atoms with Crippen LogP contribution >= 0.6 is 11.3 Å². The number of carbonyl (C=O) groups excluding carboxylic acids is 1. The predicted molar refractivity (Wildman–Crippen MR) is 97.5 cm³/mol. The highest BCUT2D eigenvalue weighted by atomic mass is 32.1. The lowest BCUT2D eigenvalue weighted by Crippen LogP contribution is -2.42. The number of ether oxygens (including phenoxy) is 2. The van der Waals surface area contributed by atoms with E-state index in [2.05, 4.69) is 27.0 Å². The van der Waals surface area contributed by atoms with Crippen LogP contribution in [0.4, 0.5) is 0 Å². The van der Waals surface area contributed by atoms with E-state index in [1.165, 1.54) is 12.0 Å². The third kappa shape index (κ3) is 3.50. The van der Waals surface area contributed by atoms with Gasteiger partial charge in [0.1, 0.15) is 6.61 Å². The quantitative estimate of drug-likeness (QED) is 0.719. The molecule has 1 aromatic rings. The Labute approximate surface area is 153 Å². The first-order chi connectivity index (χ1) is 12.2. The van der Waals surface area contributed by atoms with Crippen LogP contribution in [0.3, 0.4) is 0 Å². The number of rotatable bonds is 8. The summed E-state index contributed by atoms with van der Waals surface area (Å²) in [5.74, 6) is 0.983. The van der Waals surface area contributed by atoms with Gasteiger partial charge < -0.3 is 14.8 Å². The second kappa shape index (κ2) is 7.35. The van der Waals surface area contributed by atoms with Gasteiger partial charge in [-0.15, -0.1) is 0 Å². The predicted octanol–water partition coefficient (Wildman–Crippen LogP) is 2.27. The monoisotopic (exact) mass is 364 g/mol. The number of fused-ring (bicyclic) bond motifs is 1. The first-order valence-corrected chi connectivity index (χ1v) is 10.4. The normalized spacial score (nSPS) is 33.7. The SMILES string of the molecule is CCCOCC(=O)NC[C@H]1[C@H]2CN(Cc3ccsc3)C[C@]23CC[C@H]1O3. The third-order valence-electron chi connectivity index (χ3n) is 5.96. The number of hydrogen-bond acceptors (Lipinski definition) is 5. The molecule has 138 valence electrons. The van der Waals surface area contributed by atoms with Crippen LogP contribution in [0.15, 0.2) is 16.8 Å². The minimum absolute atomic E-state index is 0.00148. The van der Waals surface area contributed by atoms with Gasteiger partial charge >= 0.3 is 0 Å². The molecule has 4 atom stereocenters. The molecule has 1 amide bonds. The highest BCUT2D eigenvalue weighted by Gasteiger charge is 2.62. The highest BCUT2D eigenvalue weighted by Crippen LogP contribution is 2.54. The summed E-state index contributed by atoms with van der Waals surface area (Å²) in [7, 11) is 0. The van der Waals surface area contributed by atoms with Crippen molar-refractivity contribution in [2.45, 2.75) is 44.4 Å². The molecule has 1 N–H and O–H groups in total. The Balaban J connectivity index is 1.32. The largest absolute Gasteiger partial charge is 0.372 e. The van der Waals surface area contributed by atoms with E-state index in [4.69, 9.17) is 9.47 Å². The molecule has 0 unspecified atom stereocenters. The Hall–Kier alpha value is -0.950. The molecule has 2 bridgehead atoms. The van der Waals surface area contributed by atoms with Gasteiger partial charge in [-0.05, 0) is 41.7 Å². The lowest BCUT2D eigenvalue weighted by molar-refractivity contribution is -0.126. The highest BCUT2D eigenvalue weighted by molar-refractivity contribution is 7.07. The smallest absolute Gasteiger partial charge is 0.246 e. The zero-order valence-electron chi connectivity index (χ0n) is 14.9. The van der Waals surface area contributed by atoms with E-state index in [1.54, 1.807) is 11.3 Å². The van der Waals surface area contributed by atoms with Crippen LogP contribution in [0, 0.1) is 11.8 Å². The average molecular weight is 365 g/mol. The van der Waals surface area contributed by atoms with Gasteiger partial charge in [-0.2, -0.15) is 11.3 Å². The molecule has 0 aliphatic carbocycles. The third-order valence-corrected chi connectivity index (χ3v) is 6.69. The summed E-state index contributed by atoms with van der Waals surface area (Å²) < 4.78 is 11.8. The second-order valence-electron chi connectivity index (χ2n) is 7.69. The lowest BCUT2D eigenvalue weighted by Gasteiger charge is -2.29. The van der Waals surface area contributed by atoms with Crippen LogP contribution in [0.1, 0.15) is 31.7 Å². The van der Waals surface area contributed by atoms with E-state index >= 15 is 0 Å². The van der Waals surface area contributed by atoms with Gasteiger partial charge in [-0.25, -0.2) is 0 Å².